The van der Waals surface area contributed by atoms with Crippen molar-refractivity contribution in [3.8, 4) is 0 Å². The molecule has 0 amide bonds. The molecule has 1 aromatic heterocycles. The number of para-hydroxylation sites is 1. The van der Waals surface area contributed by atoms with Crippen LogP contribution in [0.4, 0.5) is 0 Å². The van der Waals surface area contributed by atoms with Crippen LogP contribution in [0.15, 0.2) is 42.5 Å². The van der Waals surface area contributed by atoms with E-state index in [0.717, 1.165) is 21.7 Å². The van der Waals surface area contributed by atoms with Crippen molar-refractivity contribution < 1.29 is 0 Å². The molecule has 0 spiro atoms. The van der Waals surface area contributed by atoms with Crippen LogP contribution in [0.5, 0.6) is 0 Å². The van der Waals surface area contributed by atoms with Crippen LogP contribution in [0.25, 0.3) is 21.7 Å². The van der Waals surface area contributed by atoms with Crippen LogP contribution in [-0.4, -0.2) is 4.98 Å². The van der Waals surface area contributed by atoms with Gasteiger partial charge in [0.1, 0.15) is 0 Å². The van der Waals surface area contributed by atoms with Crippen LogP contribution in [0, 0.1) is 12.3 Å². The summed E-state index contributed by atoms with van der Waals surface area (Å²) >= 11 is 0. The van der Waals surface area contributed by atoms with Gasteiger partial charge in [-0.1, -0.05) is 29.7 Å². The fourth-order valence-electron chi connectivity index (χ4n) is 1.67. The number of fused-ring (bicyclic) bond motifs is 3. The molecule has 0 atom stereocenters. The summed E-state index contributed by atoms with van der Waals surface area (Å²) in [4.78, 5) is 4.27. The van der Waals surface area contributed by atoms with Crippen molar-refractivity contribution in [3.63, 3.8) is 0 Å². The fraction of sp³-hybridized carbons (Fsp3) is 0. The largest absolute Gasteiger partial charge is 0.352 e. The standard InChI is InChI=1S/C13H7N.Rf/c1-2-6-11-10(5-1)9-14-13-8-4-3-7-12(11)13;/h1,3-8H;/q-2;. The molecule has 2 heteroatoms. The maximum absolute atomic E-state index is 4.27. The van der Waals surface area contributed by atoms with Crippen molar-refractivity contribution in [3.05, 3.63) is 54.7 Å². The van der Waals surface area contributed by atoms with Gasteiger partial charge in [0.2, 0.25) is 0 Å². The van der Waals surface area contributed by atoms with Gasteiger partial charge in [-0.25, -0.2) is 0 Å². The predicted octanol–water partition coefficient (Wildman–Crippen LogP) is 2.99. The van der Waals surface area contributed by atoms with Gasteiger partial charge in [0.25, 0.3) is 0 Å². The van der Waals surface area contributed by atoms with Crippen molar-refractivity contribution in [2.24, 2.45) is 0 Å². The molecule has 0 saturated carbocycles. The Morgan fingerprint density at radius 1 is 1.00 bits per heavy atom. The molecule has 0 saturated heterocycles. The second-order valence-corrected chi connectivity index (χ2v) is 3.21. The van der Waals surface area contributed by atoms with E-state index in [9.17, 15) is 0 Å². The van der Waals surface area contributed by atoms with Gasteiger partial charge in [0.05, 0.1) is 0 Å². The van der Waals surface area contributed by atoms with Crippen LogP contribution in [0.3, 0.4) is 0 Å². The van der Waals surface area contributed by atoms with Crippen LogP contribution in [0.2, 0.25) is 0 Å². The zero-order chi connectivity index (χ0) is 9.38. The van der Waals surface area contributed by atoms with Gasteiger partial charge in [0, 0.05) is 0 Å². The first-order chi connectivity index (χ1) is 6.95. The third kappa shape index (κ3) is 1.17. The second kappa shape index (κ2) is 3.11. The van der Waals surface area contributed by atoms with Crippen molar-refractivity contribution in [1.82, 2.24) is 4.98 Å². The molecule has 3 aromatic rings. The molecule has 0 aliphatic rings. The Labute approximate surface area is 82.0 Å². The molecule has 68 valence electrons. The Balaban J connectivity index is 0.000000853. The number of nitrogens with zero attached hydrogens (tertiary/aromatic N) is 1. The van der Waals surface area contributed by atoms with Gasteiger partial charge in [0.15, 0.2) is 0 Å². The van der Waals surface area contributed by atoms with Gasteiger partial charge < -0.3 is 4.98 Å². The average Bonchev–Trinajstić information content (AvgIpc) is 2.29. The van der Waals surface area contributed by atoms with Crippen LogP contribution >= 0.6 is 0 Å². The van der Waals surface area contributed by atoms with Gasteiger partial charge in [-0.3, -0.25) is 0 Å². The molecule has 3 rings (SSSR count). The van der Waals surface area contributed by atoms with E-state index in [1.54, 1.807) is 0 Å². The Kier molecular flexibility index (Phi) is 1.80. The third-order valence-electron chi connectivity index (χ3n) is 2.36. The summed E-state index contributed by atoms with van der Waals surface area (Å²) in [5.41, 5.74) is 0.986. The molecule has 0 unspecified atom stereocenters. The molecular weight excluding hydrogens is 437 g/mol. The van der Waals surface area contributed by atoms with E-state index in [1.807, 2.05) is 36.4 Å². The van der Waals surface area contributed by atoms with E-state index in [0.29, 0.717) is 0 Å². The molecule has 1 nitrogen and oxygen atoms in total. The maximum Gasteiger partial charge on any atom is 0 e. The zero-order valence-electron chi connectivity index (χ0n) is 8.20. The summed E-state index contributed by atoms with van der Waals surface area (Å²) < 4.78 is 0. The van der Waals surface area contributed by atoms with Gasteiger partial charge in [-0.15, -0.1) is 16.8 Å². The summed E-state index contributed by atoms with van der Waals surface area (Å²) in [6.45, 7) is 0. The Hall–Kier alpha value is -2.89. The summed E-state index contributed by atoms with van der Waals surface area (Å²) in [7, 11) is 0. The van der Waals surface area contributed by atoms with E-state index < -0.39 is 0 Å². The summed E-state index contributed by atoms with van der Waals surface area (Å²) in [6.07, 6.45) is 3.02. The van der Waals surface area contributed by atoms with Crippen molar-refractivity contribution >= 4 is 21.7 Å². The van der Waals surface area contributed by atoms with Crippen molar-refractivity contribution in [2.45, 2.75) is 0 Å². The molecular formula is C13H7NRf-2. The van der Waals surface area contributed by atoms with E-state index >= 15 is 0 Å². The number of hydrogen-bond acceptors (Lipinski definition) is 1. The normalized spacial score (nSPS) is 10.1. The molecule has 0 fully saturated rings. The predicted molar refractivity (Wildman–Crippen MR) is 56.9 cm³/mol. The Morgan fingerprint density at radius 3 is 2.80 bits per heavy atom. The van der Waals surface area contributed by atoms with E-state index in [-0.39, 0.29) is 0 Å². The van der Waals surface area contributed by atoms with Crippen LogP contribution in [-0.2, 0) is 0 Å². The molecule has 15 heavy (non-hydrogen) atoms. The summed E-state index contributed by atoms with van der Waals surface area (Å²) in [5.74, 6) is 0. The first-order valence-electron chi connectivity index (χ1n) is 4.51. The molecule has 0 aliphatic heterocycles. The minimum atomic E-state index is 0. The molecule has 0 aliphatic carbocycles. The van der Waals surface area contributed by atoms with Crippen molar-refractivity contribution in [1.29, 1.82) is 0 Å². The number of rotatable bonds is 0. The first kappa shape index (κ1) is 8.70. The number of hydrogen-bond donors (Lipinski definition) is 0. The van der Waals surface area contributed by atoms with Gasteiger partial charge in [-0.2, -0.15) is 18.2 Å². The third-order valence-corrected chi connectivity index (χ3v) is 2.36. The first-order valence-corrected chi connectivity index (χ1v) is 4.51. The van der Waals surface area contributed by atoms with Crippen LogP contribution < -0.4 is 0 Å². The molecule has 2 aromatic carbocycles. The molecule has 0 radical (unpaired) electrons. The molecule has 0 bridgehead atoms. The van der Waals surface area contributed by atoms with Crippen molar-refractivity contribution in [2.75, 3.05) is 0 Å². The zero-order valence-corrected chi connectivity index (χ0v) is 14.6. The Morgan fingerprint density at radius 2 is 1.87 bits per heavy atom. The minimum Gasteiger partial charge on any atom is -0.352 e. The SMILES string of the molecule is [Rf].[c-]1ccc2[c-]nc3ccccc3c2c1. The van der Waals surface area contributed by atoms with E-state index in [4.69, 9.17) is 0 Å². The monoisotopic (exact) mass is 444 g/mol. The Bertz CT molecular complexity index is 550. The van der Waals surface area contributed by atoms with Gasteiger partial charge >= 0.3 is 0 Å². The van der Waals surface area contributed by atoms with Crippen LogP contribution in [0.1, 0.15) is 0 Å². The molecule has 0 N–H and O–H groups in total. The fourth-order valence-corrected chi connectivity index (χ4v) is 1.67. The summed E-state index contributed by atoms with van der Waals surface area (Å²) in [5, 5.41) is 3.37. The van der Waals surface area contributed by atoms with Gasteiger partial charge in [-0.05, 0) is 11.7 Å². The minimum absolute atomic E-state index is 0. The quantitative estimate of drug-likeness (QED) is 0.384. The number of aromatic nitrogens is 1. The average molecular weight is 444 g/mol. The molecule has 1 heterocycles. The maximum atomic E-state index is 4.27. The smallest absolute Gasteiger partial charge is 0 e. The topological polar surface area (TPSA) is 12.9 Å². The second-order valence-electron chi connectivity index (χ2n) is 3.21. The number of benzene rings is 2. The number of pyridine rings is 1. The van der Waals surface area contributed by atoms with E-state index in [2.05, 4.69) is 23.3 Å². The van der Waals surface area contributed by atoms with E-state index in [1.165, 1.54) is 0 Å². The summed E-state index contributed by atoms with van der Waals surface area (Å²) in [6, 6.07) is 17.0.